The number of benzene rings is 1. The lowest BCUT2D eigenvalue weighted by Crippen LogP contribution is -2.29. The van der Waals surface area contributed by atoms with Crippen LogP contribution in [0.15, 0.2) is 59.7 Å². The van der Waals surface area contributed by atoms with Gasteiger partial charge in [0.15, 0.2) is 0 Å². The molecule has 0 saturated carbocycles. The van der Waals surface area contributed by atoms with Crippen LogP contribution in [0, 0.1) is 13.5 Å². The maximum absolute atomic E-state index is 13.5. The summed E-state index contributed by atoms with van der Waals surface area (Å²) in [6.45, 7) is 11.1. The fourth-order valence-corrected chi connectivity index (χ4v) is 4.28. The first-order valence-corrected chi connectivity index (χ1v) is 11.2. The molecule has 0 spiro atoms. The maximum atomic E-state index is 13.5. The quantitative estimate of drug-likeness (QED) is 0.302. The minimum Gasteiger partial charge on any atom is -0.465 e. The Morgan fingerprint density at radius 1 is 1.20 bits per heavy atom. The topological polar surface area (TPSA) is 73.2 Å². The molecular formula is C27H27N5O3. The van der Waals surface area contributed by atoms with Crippen molar-refractivity contribution in [2.75, 3.05) is 20.7 Å². The van der Waals surface area contributed by atoms with E-state index in [2.05, 4.69) is 14.7 Å². The van der Waals surface area contributed by atoms with Gasteiger partial charge in [-0.25, -0.2) is 9.64 Å². The molecule has 8 heteroatoms. The fourth-order valence-electron chi connectivity index (χ4n) is 4.28. The molecule has 0 saturated heterocycles. The summed E-state index contributed by atoms with van der Waals surface area (Å²) >= 11 is 0. The summed E-state index contributed by atoms with van der Waals surface area (Å²) in [7, 11) is 4.94. The summed E-state index contributed by atoms with van der Waals surface area (Å²) in [5.41, 5.74) is 4.51. The van der Waals surface area contributed by atoms with Gasteiger partial charge in [0.05, 0.1) is 13.7 Å². The zero-order valence-electron chi connectivity index (χ0n) is 20.3. The van der Waals surface area contributed by atoms with Gasteiger partial charge in [-0.05, 0) is 31.7 Å². The second-order valence-electron chi connectivity index (χ2n) is 8.57. The highest BCUT2D eigenvalue weighted by Gasteiger charge is 2.26. The van der Waals surface area contributed by atoms with Crippen molar-refractivity contribution < 1.29 is 9.53 Å². The van der Waals surface area contributed by atoms with Crippen LogP contribution in [-0.4, -0.2) is 45.5 Å². The van der Waals surface area contributed by atoms with E-state index in [0.29, 0.717) is 35.7 Å². The molecule has 1 aromatic carbocycles. The van der Waals surface area contributed by atoms with Gasteiger partial charge in [-0.3, -0.25) is 14.2 Å². The van der Waals surface area contributed by atoms with Gasteiger partial charge in [0.1, 0.15) is 11.2 Å². The van der Waals surface area contributed by atoms with Crippen molar-refractivity contribution in [3.63, 3.8) is 0 Å². The smallest absolute Gasteiger partial charge is 0.345 e. The number of esters is 1. The minimum absolute atomic E-state index is 0.0816. The van der Waals surface area contributed by atoms with Crippen molar-refractivity contribution >= 4 is 17.3 Å². The van der Waals surface area contributed by atoms with E-state index in [0.717, 1.165) is 23.2 Å². The molecule has 8 nitrogen and oxygen atoms in total. The fraction of sp³-hybridized carbons (Fsp3) is 0.259. The third-order valence-corrected chi connectivity index (χ3v) is 6.06. The Labute approximate surface area is 203 Å². The molecule has 0 bridgehead atoms. The number of rotatable bonds is 7. The SMILES string of the molecule is [C-]#[N+]c1c(-c2ccc(C)cc2)c(CN(C)CCc2ccccn2)n2c(=O)c(C(=O)OC)cn(C)c12. The van der Waals surface area contributed by atoms with Gasteiger partial charge in [-0.2, -0.15) is 0 Å². The average Bonchev–Trinajstić information content (AvgIpc) is 3.20. The summed E-state index contributed by atoms with van der Waals surface area (Å²) in [5, 5.41) is 0. The molecule has 0 unspecified atom stereocenters. The van der Waals surface area contributed by atoms with Gasteiger partial charge >= 0.3 is 5.97 Å². The number of fused-ring (bicyclic) bond motifs is 1. The van der Waals surface area contributed by atoms with Crippen molar-refractivity contribution in [1.29, 1.82) is 0 Å². The second-order valence-corrected chi connectivity index (χ2v) is 8.57. The molecule has 0 atom stereocenters. The number of carbonyl (C=O) groups is 1. The lowest BCUT2D eigenvalue weighted by molar-refractivity contribution is 0.0597. The van der Waals surface area contributed by atoms with Crippen LogP contribution in [0.1, 0.15) is 27.3 Å². The standard InChI is InChI=1S/C27H27N5O3/c1-18-9-11-19(12-10-18)23-22(17-30(3)15-13-20-8-6-7-14-29-20)32-25(24(23)28-2)31(4)16-21(26(32)33)27(34)35-5/h6-12,14,16H,13,15,17H2,1,3-5H3. The molecule has 4 rings (SSSR count). The maximum Gasteiger partial charge on any atom is 0.345 e. The molecule has 0 aliphatic rings. The first-order chi connectivity index (χ1) is 16.8. The lowest BCUT2D eigenvalue weighted by Gasteiger charge is -2.18. The van der Waals surface area contributed by atoms with Crippen LogP contribution in [-0.2, 0) is 24.8 Å². The van der Waals surface area contributed by atoms with E-state index in [-0.39, 0.29) is 5.56 Å². The van der Waals surface area contributed by atoms with E-state index in [9.17, 15) is 9.59 Å². The lowest BCUT2D eigenvalue weighted by atomic mass is 10.0. The number of likely N-dealkylation sites (N-methyl/N-ethyl adjacent to an activating group) is 1. The normalized spacial score (nSPS) is 11.1. The third kappa shape index (κ3) is 4.59. The minimum atomic E-state index is -0.711. The molecule has 0 radical (unpaired) electrons. The molecule has 178 valence electrons. The number of hydrogen-bond donors (Lipinski definition) is 0. The number of ether oxygens (including phenoxy) is 1. The average molecular weight is 470 g/mol. The molecule has 0 fully saturated rings. The number of carbonyl (C=O) groups excluding carboxylic acids is 1. The number of methoxy groups -OCH3 is 1. The molecular weight excluding hydrogens is 442 g/mol. The van der Waals surface area contributed by atoms with Crippen molar-refractivity contribution in [2.24, 2.45) is 7.05 Å². The van der Waals surface area contributed by atoms with Crippen LogP contribution in [0.25, 0.3) is 21.6 Å². The van der Waals surface area contributed by atoms with E-state index in [4.69, 9.17) is 11.3 Å². The Morgan fingerprint density at radius 3 is 2.57 bits per heavy atom. The summed E-state index contributed by atoms with van der Waals surface area (Å²) in [5.74, 6) is -0.711. The third-order valence-electron chi connectivity index (χ3n) is 6.06. The van der Waals surface area contributed by atoms with E-state index < -0.39 is 11.5 Å². The van der Waals surface area contributed by atoms with Crippen LogP contribution in [0.5, 0.6) is 0 Å². The largest absolute Gasteiger partial charge is 0.465 e. The van der Waals surface area contributed by atoms with Gasteiger partial charge in [0.2, 0.25) is 5.69 Å². The van der Waals surface area contributed by atoms with Gasteiger partial charge < -0.3 is 14.2 Å². The number of hydrogen-bond acceptors (Lipinski definition) is 5. The summed E-state index contributed by atoms with van der Waals surface area (Å²) in [4.78, 5) is 36.2. The predicted molar refractivity (Wildman–Crippen MR) is 135 cm³/mol. The first kappa shape index (κ1) is 23.9. The number of nitrogens with zero attached hydrogens (tertiary/aromatic N) is 5. The molecule has 4 aromatic rings. The highest BCUT2D eigenvalue weighted by Crippen LogP contribution is 2.39. The summed E-state index contributed by atoms with van der Waals surface area (Å²) < 4.78 is 7.99. The number of aromatic nitrogens is 3. The Hall–Kier alpha value is -4.22. The number of pyridine rings is 1. The predicted octanol–water partition coefficient (Wildman–Crippen LogP) is 4.02. The van der Waals surface area contributed by atoms with Crippen molar-refractivity contribution in [3.05, 3.63) is 99.1 Å². The van der Waals surface area contributed by atoms with Crippen LogP contribution < -0.4 is 5.56 Å². The van der Waals surface area contributed by atoms with E-state index >= 15 is 0 Å². The second kappa shape index (κ2) is 9.95. The van der Waals surface area contributed by atoms with E-state index in [1.165, 1.54) is 17.7 Å². The van der Waals surface area contributed by atoms with Crippen LogP contribution in [0.3, 0.4) is 0 Å². The molecule has 0 amide bonds. The Bertz CT molecular complexity index is 1480. The number of aryl methyl sites for hydroxylation is 2. The highest BCUT2D eigenvalue weighted by atomic mass is 16.5. The van der Waals surface area contributed by atoms with Crippen LogP contribution in [0.2, 0.25) is 0 Å². The summed E-state index contributed by atoms with van der Waals surface area (Å²) in [6.07, 6.45) is 3.94. The Morgan fingerprint density at radius 2 is 1.94 bits per heavy atom. The van der Waals surface area contributed by atoms with Gasteiger partial charge in [0, 0.05) is 55.9 Å². The molecule has 3 heterocycles. The van der Waals surface area contributed by atoms with Crippen molar-refractivity contribution in [1.82, 2.24) is 18.9 Å². The first-order valence-electron chi connectivity index (χ1n) is 11.2. The van der Waals surface area contributed by atoms with Gasteiger partial charge in [0.25, 0.3) is 5.56 Å². The Balaban J connectivity index is 1.91. The zero-order valence-corrected chi connectivity index (χ0v) is 20.3. The van der Waals surface area contributed by atoms with Crippen LogP contribution >= 0.6 is 0 Å². The molecule has 0 aliphatic heterocycles. The van der Waals surface area contributed by atoms with Crippen molar-refractivity contribution in [2.45, 2.75) is 19.9 Å². The molecule has 35 heavy (non-hydrogen) atoms. The van der Waals surface area contributed by atoms with E-state index in [1.54, 1.807) is 17.8 Å². The molecule has 0 N–H and O–H groups in total. The summed E-state index contributed by atoms with van der Waals surface area (Å²) in [6, 6.07) is 13.7. The van der Waals surface area contributed by atoms with E-state index in [1.807, 2.05) is 56.4 Å². The monoisotopic (exact) mass is 469 g/mol. The molecule has 3 aromatic heterocycles. The van der Waals surface area contributed by atoms with Gasteiger partial charge in [-0.1, -0.05) is 35.9 Å². The highest BCUT2D eigenvalue weighted by molar-refractivity contribution is 5.94. The van der Waals surface area contributed by atoms with Crippen LogP contribution in [0.4, 0.5) is 5.69 Å². The van der Waals surface area contributed by atoms with Crippen molar-refractivity contribution in [3.8, 4) is 11.1 Å². The Kier molecular flexibility index (Phi) is 6.80. The zero-order chi connectivity index (χ0) is 25.1. The van der Waals surface area contributed by atoms with Gasteiger partial charge in [-0.15, -0.1) is 0 Å². The molecule has 0 aliphatic carbocycles.